The molecule has 0 fully saturated rings. The van der Waals surface area contributed by atoms with Gasteiger partial charge in [0.05, 0.1) is 6.61 Å². The van der Waals surface area contributed by atoms with Crippen LogP contribution in [0.1, 0.15) is 278 Å². The molecule has 0 amide bonds. The number of esters is 1. The summed E-state index contributed by atoms with van der Waals surface area (Å²) in [6.45, 7) is 7.63. The van der Waals surface area contributed by atoms with Gasteiger partial charge in [0.2, 0.25) is 0 Å². The van der Waals surface area contributed by atoms with Gasteiger partial charge in [-0.1, -0.05) is 245 Å². The van der Waals surface area contributed by atoms with Crippen molar-refractivity contribution in [2.24, 2.45) is 5.92 Å². The Hall–Kier alpha value is -0.790. The smallest absolute Gasteiger partial charge is 0.305 e. The van der Waals surface area contributed by atoms with Crippen LogP contribution >= 0.6 is 0 Å². The molecule has 1 unspecified atom stereocenters. The van der Waals surface area contributed by atoms with Crippen molar-refractivity contribution in [1.82, 2.24) is 0 Å². The minimum Gasteiger partial charge on any atom is -0.466 e. The molecule has 0 aliphatic rings. The molecular weight excluding hydrogens is 609 g/mol. The standard InChI is InChI=1S/C48H94O2/c1-4-6-7-8-9-10-11-12-13-20-24-27-30-33-36-39-42-45-48(49)50-46-43-40-37-34-31-28-25-22-19-17-15-14-16-18-21-23-26-29-32-35-38-41-44-47(3)5-2/h10-11,47H,4-9,12-46H2,1-3H3. The van der Waals surface area contributed by atoms with Gasteiger partial charge in [-0.05, 0) is 44.4 Å². The van der Waals surface area contributed by atoms with E-state index in [2.05, 4.69) is 32.9 Å². The van der Waals surface area contributed by atoms with E-state index in [1.54, 1.807) is 0 Å². The SMILES string of the molecule is CCCCCCC=CCCCCCCCCCCCC(=O)OCCCCCCCCCCCCCCCCCCCCCCCCC(C)CC. The van der Waals surface area contributed by atoms with Crippen LogP contribution in [0.3, 0.4) is 0 Å². The number of rotatable bonds is 43. The second-order valence-electron chi connectivity index (χ2n) is 16.3. The zero-order chi connectivity index (χ0) is 36.3. The Morgan fingerprint density at radius 1 is 0.420 bits per heavy atom. The maximum absolute atomic E-state index is 12.0. The lowest BCUT2D eigenvalue weighted by atomic mass is 9.99. The molecule has 2 heteroatoms. The van der Waals surface area contributed by atoms with Crippen LogP contribution in [-0.2, 0) is 9.53 Å². The van der Waals surface area contributed by atoms with Gasteiger partial charge in [-0.15, -0.1) is 0 Å². The fourth-order valence-corrected chi connectivity index (χ4v) is 7.29. The quantitative estimate of drug-likeness (QED) is 0.0359. The normalized spacial score (nSPS) is 12.3. The number of carbonyl (C=O) groups excluding carboxylic acids is 1. The van der Waals surface area contributed by atoms with Gasteiger partial charge < -0.3 is 4.74 Å². The number of carbonyl (C=O) groups is 1. The summed E-state index contributed by atoms with van der Waals surface area (Å²) in [5, 5.41) is 0. The number of hydrogen-bond donors (Lipinski definition) is 0. The van der Waals surface area contributed by atoms with E-state index in [4.69, 9.17) is 4.74 Å². The predicted octanol–water partition coefficient (Wildman–Crippen LogP) is 17.4. The number of unbranched alkanes of at least 4 members (excludes halogenated alkanes) is 34. The topological polar surface area (TPSA) is 26.3 Å². The minimum atomic E-state index is 0.0270. The largest absolute Gasteiger partial charge is 0.466 e. The summed E-state index contributed by atoms with van der Waals surface area (Å²) in [5.74, 6) is 0.963. The van der Waals surface area contributed by atoms with Crippen molar-refractivity contribution in [2.75, 3.05) is 6.61 Å². The molecule has 0 aliphatic carbocycles. The Bertz CT molecular complexity index is 655. The molecule has 0 spiro atoms. The van der Waals surface area contributed by atoms with E-state index in [0.29, 0.717) is 13.0 Å². The molecule has 2 nitrogen and oxygen atoms in total. The predicted molar refractivity (Wildman–Crippen MR) is 225 cm³/mol. The molecule has 0 radical (unpaired) electrons. The first-order valence-corrected chi connectivity index (χ1v) is 23.5. The fraction of sp³-hybridized carbons (Fsp3) is 0.938. The first-order chi connectivity index (χ1) is 24.7. The third kappa shape index (κ3) is 43.4. The highest BCUT2D eigenvalue weighted by atomic mass is 16.5. The van der Waals surface area contributed by atoms with Crippen LogP contribution in [0.5, 0.6) is 0 Å². The first kappa shape index (κ1) is 49.2. The molecule has 0 saturated carbocycles. The number of hydrogen-bond acceptors (Lipinski definition) is 2. The van der Waals surface area contributed by atoms with Crippen LogP contribution in [0.25, 0.3) is 0 Å². The molecular formula is C48H94O2. The summed E-state index contributed by atoms with van der Waals surface area (Å²) in [4.78, 5) is 12.0. The second-order valence-corrected chi connectivity index (χ2v) is 16.3. The Morgan fingerprint density at radius 2 is 0.740 bits per heavy atom. The molecule has 0 bridgehead atoms. The summed E-state index contributed by atoms with van der Waals surface area (Å²) in [6, 6.07) is 0. The lowest BCUT2D eigenvalue weighted by Gasteiger charge is -2.07. The van der Waals surface area contributed by atoms with Crippen LogP contribution in [0, 0.1) is 5.92 Å². The summed E-state index contributed by atoms with van der Waals surface area (Å²) in [5.41, 5.74) is 0. The van der Waals surface area contributed by atoms with Crippen molar-refractivity contribution in [3.8, 4) is 0 Å². The maximum Gasteiger partial charge on any atom is 0.305 e. The Morgan fingerprint density at radius 3 is 1.12 bits per heavy atom. The summed E-state index contributed by atoms with van der Waals surface area (Å²) in [6.07, 6.45) is 58.9. The average molecular weight is 703 g/mol. The third-order valence-electron chi connectivity index (χ3n) is 11.2. The molecule has 0 heterocycles. The summed E-state index contributed by atoms with van der Waals surface area (Å²) < 4.78 is 5.48. The van der Waals surface area contributed by atoms with Gasteiger partial charge in [0, 0.05) is 6.42 Å². The third-order valence-corrected chi connectivity index (χ3v) is 11.2. The Labute approximate surface area is 316 Å². The molecule has 0 aromatic rings. The molecule has 0 N–H and O–H groups in total. The van der Waals surface area contributed by atoms with Gasteiger partial charge in [0.1, 0.15) is 0 Å². The van der Waals surface area contributed by atoms with Crippen molar-refractivity contribution < 1.29 is 9.53 Å². The summed E-state index contributed by atoms with van der Waals surface area (Å²) >= 11 is 0. The van der Waals surface area contributed by atoms with Gasteiger partial charge in [-0.2, -0.15) is 0 Å². The van der Waals surface area contributed by atoms with Crippen molar-refractivity contribution in [1.29, 1.82) is 0 Å². The average Bonchev–Trinajstić information content (AvgIpc) is 3.12. The van der Waals surface area contributed by atoms with Crippen molar-refractivity contribution in [3.05, 3.63) is 12.2 Å². The number of ether oxygens (including phenoxy) is 1. The molecule has 1 atom stereocenters. The Kier molecular flexibility index (Phi) is 43.7. The lowest BCUT2D eigenvalue weighted by molar-refractivity contribution is -0.143. The monoisotopic (exact) mass is 703 g/mol. The number of allylic oxidation sites excluding steroid dienone is 2. The van der Waals surface area contributed by atoms with E-state index in [1.807, 2.05) is 0 Å². The molecule has 0 aromatic heterocycles. The van der Waals surface area contributed by atoms with Crippen LogP contribution in [-0.4, -0.2) is 12.6 Å². The van der Waals surface area contributed by atoms with Gasteiger partial charge in [0.15, 0.2) is 0 Å². The highest BCUT2D eigenvalue weighted by Crippen LogP contribution is 2.17. The van der Waals surface area contributed by atoms with Gasteiger partial charge in [-0.25, -0.2) is 0 Å². The highest BCUT2D eigenvalue weighted by Gasteiger charge is 2.03. The van der Waals surface area contributed by atoms with Crippen LogP contribution in [0.15, 0.2) is 12.2 Å². The van der Waals surface area contributed by atoms with Gasteiger partial charge >= 0.3 is 5.97 Å². The molecule has 0 aliphatic heterocycles. The molecule has 0 rings (SSSR count). The van der Waals surface area contributed by atoms with E-state index < -0.39 is 0 Å². The van der Waals surface area contributed by atoms with E-state index in [1.165, 1.54) is 238 Å². The zero-order valence-corrected chi connectivity index (χ0v) is 35.0. The van der Waals surface area contributed by atoms with Gasteiger partial charge in [-0.3, -0.25) is 4.79 Å². The zero-order valence-electron chi connectivity index (χ0n) is 35.0. The van der Waals surface area contributed by atoms with Crippen molar-refractivity contribution in [3.63, 3.8) is 0 Å². The summed E-state index contributed by atoms with van der Waals surface area (Å²) in [7, 11) is 0. The van der Waals surface area contributed by atoms with Crippen molar-refractivity contribution in [2.45, 2.75) is 278 Å². The van der Waals surface area contributed by atoms with Crippen molar-refractivity contribution >= 4 is 5.97 Å². The van der Waals surface area contributed by atoms with Crippen LogP contribution in [0.4, 0.5) is 0 Å². The van der Waals surface area contributed by atoms with Crippen LogP contribution in [0.2, 0.25) is 0 Å². The van der Waals surface area contributed by atoms with E-state index in [9.17, 15) is 4.79 Å². The molecule has 50 heavy (non-hydrogen) atoms. The molecule has 0 aromatic carbocycles. The fourth-order valence-electron chi connectivity index (χ4n) is 7.29. The van der Waals surface area contributed by atoms with Gasteiger partial charge in [0.25, 0.3) is 0 Å². The first-order valence-electron chi connectivity index (χ1n) is 23.5. The van der Waals surface area contributed by atoms with E-state index in [-0.39, 0.29) is 5.97 Å². The minimum absolute atomic E-state index is 0.0270. The van der Waals surface area contributed by atoms with E-state index in [0.717, 1.165) is 18.8 Å². The highest BCUT2D eigenvalue weighted by molar-refractivity contribution is 5.69. The molecule has 298 valence electrons. The Balaban J connectivity index is 3.17. The lowest BCUT2D eigenvalue weighted by Crippen LogP contribution is -2.05. The second kappa shape index (κ2) is 44.4. The van der Waals surface area contributed by atoms with E-state index >= 15 is 0 Å². The maximum atomic E-state index is 12.0. The van der Waals surface area contributed by atoms with Crippen LogP contribution < -0.4 is 0 Å². The molecule has 0 saturated heterocycles.